The number of rotatable bonds is 29. The van der Waals surface area contributed by atoms with Crippen molar-refractivity contribution >= 4 is 53.4 Å². The SMILES string of the molecule is CC1O[C@@H](OC[C@@H](C)CCC(=O)[C@@H](C)C2C(=O)CC3C4CCC5CC(O[C@@H]6OC(COC(=O)c7ccccc7)[C@@H](O[C@@H]7OC(C)[C@H](C)[C@H](OC(=O)c8ccccc8)C7OC(=O)c7ccccc7)[C@H](C)C6O[C@@H]6OC(C)[C@H](C)[C@H](OC(=O)c7ccccc7)C6OC(=O)c6ccccc6)CCC5(C)C4CCC32C)C(OC(=O)c2ccccc2)[C@@H](OC(=O)c2ccccc2)[C@@H]1C. The molecule has 4 aliphatic carbocycles. The molecule has 4 aliphatic heterocycles. The Morgan fingerprint density at radius 3 is 1.16 bits per heavy atom. The molecular weight excluding hydrogens is 1630 g/mol. The summed E-state index contributed by atoms with van der Waals surface area (Å²) in [7, 11) is 0. The average molecular weight is 1750 g/mol. The van der Waals surface area contributed by atoms with Gasteiger partial charge < -0.3 is 71.1 Å². The molecule has 24 nitrogen and oxygen atoms in total. The van der Waals surface area contributed by atoms with Gasteiger partial charge in [-0.15, -0.1) is 0 Å². The van der Waals surface area contributed by atoms with Crippen molar-refractivity contribution in [2.75, 3.05) is 13.2 Å². The number of esters is 7. The number of hydrogen-bond donors (Lipinski definition) is 0. The van der Waals surface area contributed by atoms with E-state index < -0.39 is 194 Å². The highest BCUT2D eigenvalue weighted by molar-refractivity contribution is 5.94. The van der Waals surface area contributed by atoms with Crippen LogP contribution in [-0.4, -0.2) is 171 Å². The fourth-order valence-corrected chi connectivity index (χ4v) is 21.5. The first-order chi connectivity index (χ1) is 61.6. The molecular formula is C104H120O24. The van der Waals surface area contributed by atoms with Gasteiger partial charge >= 0.3 is 41.8 Å². The Labute approximate surface area is 749 Å². The lowest BCUT2D eigenvalue weighted by atomic mass is 9.44. The van der Waals surface area contributed by atoms with Crippen molar-refractivity contribution in [1.82, 2.24) is 0 Å². The molecule has 0 bridgehead atoms. The van der Waals surface area contributed by atoms with Gasteiger partial charge in [0.1, 0.15) is 48.7 Å². The van der Waals surface area contributed by atoms with Crippen LogP contribution in [0, 0.1) is 75.9 Å². The maximum atomic E-state index is 14.9. The van der Waals surface area contributed by atoms with E-state index in [0.29, 0.717) is 36.8 Å². The summed E-state index contributed by atoms with van der Waals surface area (Å²) in [6.07, 6.45) is -12.4. The number of ketones is 2. The van der Waals surface area contributed by atoms with Crippen LogP contribution < -0.4 is 0 Å². The molecule has 30 atom stereocenters. The van der Waals surface area contributed by atoms with Crippen LogP contribution in [0.1, 0.15) is 213 Å². The number of carbonyl (C=O) groups excluding carboxylic acids is 9. The minimum Gasteiger partial charge on any atom is -0.459 e. The van der Waals surface area contributed by atoms with Crippen LogP contribution in [0.3, 0.4) is 0 Å². The van der Waals surface area contributed by atoms with Gasteiger partial charge in [-0.2, -0.15) is 0 Å². The largest absolute Gasteiger partial charge is 0.459 e. The molecule has 8 aliphatic rings. The third-order valence-electron chi connectivity index (χ3n) is 29.4. The van der Waals surface area contributed by atoms with Gasteiger partial charge in [0.05, 0.1) is 76.1 Å². The van der Waals surface area contributed by atoms with E-state index in [0.717, 1.165) is 32.1 Å². The smallest absolute Gasteiger partial charge is 0.338 e. The van der Waals surface area contributed by atoms with Gasteiger partial charge in [0, 0.05) is 48.3 Å². The second-order valence-corrected chi connectivity index (χ2v) is 37.3. The molecule has 7 aromatic rings. The molecule has 16 unspecified atom stereocenters. The van der Waals surface area contributed by atoms with E-state index in [2.05, 4.69) is 13.8 Å². The highest BCUT2D eigenvalue weighted by Gasteiger charge is 2.65. The summed E-state index contributed by atoms with van der Waals surface area (Å²) in [4.78, 5) is 129. The molecule has 680 valence electrons. The van der Waals surface area contributed by atoms with Crippen LogP contribution in [0.2, 0.25) is 0 Å². The fourth-order valence-electron chi connectivity index (χ4n) is 21.5. The molecule has 7 aromatic carbocycles. The lowest BCUT2D eigenvalue weighted by Crippen LogP contribution is -2.64. The zero-order chi connectivity index (χ0) is 90.2. The fraction of sp³-hybridized carbons (Fsp3) is 0.510. The normalized spacial score (nSPS) is 34.2. The van der Waals surface area contributed by atoms with Crippen molar-refractivity contribution in [3.8, 4) is 0 Å². The van der Waals surface area contributed by atoms with Gasteiger partial charge in [0.15, 0.2) is 43.5 Å². The minimum absolute atomic E-state index is 0.0176. The number of benzene rings is 7. The topological polar surface area (TPSA) is 292 Å². The monoisotopic (exact) mass is 1750 g/mol. The molecule has 24 heteroatoms. The van der Waals surface area contributed by atoms with Gasteiger partial charge in [-0.25, -0.2) is 33.6 Å². The predicted molar refractivity (Wildman–Crippen MR) is 468 cm³/mol. The Balaban J connectivity index is 0.680. The van der Waals surface area contributed by atoms with Crippen LogP contribution >= 0.6 is 0 Å². The highest BCUT2D eigenvalue weighted by Crippen LogP contribution is 2.68. The van der Waals surface area contributed by atoms with Gasteiger partial charge in [-0.1, -0.05) is 183 Å². The van der Waals surface area contributed by atoms with E-state index >= 15 is 0 Å². The van der Waals surface area contributed by atoms with Crippen LogP contribution in [0.15, 0.2) is 212 Å². The quantitative estimate of drug-likeness (QED) is 0.0239. The van der Waals surface area contributed by atoms with Gasteiger partial charge in [0.25, 0.3) is 0 Å². The molecule has 0 amide bonds. The first-order valence-corrected chi connectivity index (χ1v) is 45.7. The van der Waals surface area contributed by atoms with Crippen molar-refractivity contribution in [2.24, 2.45) is 75.9 Å². The van der Waals surface area contributed by atoms with Crippen molar-refractivity contribution in [3.63, 3.8) is 0 Å². The van der Waals surface area contributed by atoms with E-state index in [9.17, 15) is 43.2 Å². The molecule has 4 saturated heterocycles. The Bertz CT molecular complexity index is 4950. The first-order valence-electron chi connectivity index (χ1n) is 45.7. The molecule has 0 N–H and O–H groups in total. The summed E-state index contributed by atoms with van der Waals surface area (Å²) in [5.41, 5.74) is 1.23. The first kappa shape index (κ1) is 92.6. The maximum absolute atomic E-state index is 14.9. The highest BCUT2D eigenvalue weighted by atomic mass is 16.8. The summed E-state index contributed by atoms with van der Waals surface area (Å²) >= 11 is 0. The van der Waals surface area contributed by atoms with Gasteiger partial charge in [-0.05, 0) is 197 Å². The molecule has 4 heterocycles. The van der Waals surface area contributed by atoms with Crippen LogP contribution in [0.25, 0.3) is 0 Å². The van der Waals surface area contributed by atoms with E-state index in [4.69, 9.17) is 71.1 Å². The third-order valence-corrected chi connectivity index (χ3v) is 29.4. The molecule has 0 aromatic heterocycles. The summed E-state index contributed by atoms with van der Waals surface area (Å²) in [6, 6.07) is 59.4. The van der Waals surface area contributed by atoms with Crippen LogP contribution in [-0.2, 0) is 80.6 Å². The standard InChI is InChI=1S/C104H120O24/c1-59(57-115-99-89(124-96(111)72-41-27-16-28-42-72)85(60(2)65(7)116-99)121-93(108)69-35-21-13-22-36-69)47-50-80(105)63(5)83-81(106)56-79-77-49-48-75-55-76(51-53-103(75,10)78(77)52-54-104(79,83)11)119-100-88(128-102-91(126-98(113)74-45-31-18-32-46-74)87(62(4)67(9)118-102)123-95(110)71-39-25-15-26-40-71)64(6)84(82(120-100)58-114-92(107)68-33-19-12-20-34-68)127-101-90(125-97(112)73-43-29-17-30-44-73)86(61(3)66(8)117-101)122-94(109)70-37-23-14-24-38-70/h12-46,59-67,75-79,82-91,99-102H,47-58H2,1-11H3/t59-,60+,61-,62-,63+,64-,65?,66?,67?,75?,76?,77?,78?,79?,82?,83?,84-,85-,86-,87-,88?,89?,90?,91?,99+,100+,101-,102-,103?,104?/m0/s1. The molecule has 15 rings (SSSR count). The molecule has 0 spiro atoms. The number of fused-ring (bicyclic) bond motifs is 5. The number of carbonyl (C=O) groups is 9. The summed E-state index contributed by atoms with van der Waals surface area (Å²) in [5, 5.41) is 0. The van der Waals surface area contributed by atoms with Gasteiger partial charge in [-0.3, -0.25) is 9.59 Å². The van der Waals surface area contributed by atoms with Gasteiger partial charge in [0.2, 0.25) is 0 Å². The summed E-state index contributed by atoms with van der Waals surface area (Å²) < 4.78 is 101. The molecule has 8 fully saturated rings. The zero-order valence-electron chi connectivity index (χ0n) is 74.7. The second-order valence-electron chi connectivity index (χ2n) is 37.3. The lowest BCUT2D eigenvalue weighted by molar-refractivity contribution is -0.378. The van der Waals surface area contributed by atoms with E-state index in [1.807, 2.05) is 55.4 Å². The van der Waals surface area contributed by atoms with Crippen molar-refractivity contribution in [2.45, 2.75) is 245 Å². The Morgan fingerprint density at radius 1 is 0.383 bits per heavy atom. The molecule has 0 radical (unpaired) electrons. The Morgan fingerprint density at radius 2 is 0.742 bits per heavy atom. The summed E-state index contributed by atoms with van der Waals surface area (Å²) in [6.45, 7) is 21.2. The average Bonchev–Trinajstić information content (AvgIpc) is 1.55. The number of ether oxygens (including phenoxy) is 15. The maximum Gasteiger partial charge on any atom is 0.338 e. The van der Waals surface area contributed by atoms with E-state index in [-0.39, 0.29) is 87.4 Å². The lowest BCUT2D eigenvalue weighted by Gasteiger charge is -2.61. The Hall–Kier alpha value is -10.2. The molecule has 4 saturated carbocycles. The van der Waals surface area contributed by atoms with Crippen molar-refractivity contribution in [1.29, 1.82) is 0 Å². The zero-order valence-corrected chi connectivity index (χ0v) is 74.7. The predicted octanol–water partition coefficient (Wildman–Crippen LogP) is 17.3. The Kier molecular flexibility index (Phi) is 29.6. The van der Waals surface area contributed by atoms with Crippen LogP contribution in [0.5, 0.6) is 0 Å². The molecule has 128 heavy (non-hydrogen) atoms. The van der Waals surface area contributed by atoms with E-state index in [1.54, 1.807) is 219 Å². The number of hydrogen-bond acceptors (Lipinski definition) is 24. The minimum atomic E-state index is -1.51. The van der Waals surface area contributed by atoms with Crippen molar-refractivity contribution < 1.29 is 114 Å². The number of Topliss-reactive ketones (excluding diaryl/α,β-unsaturated/α-hetero) is 2. The second kappa shape index (κ2) is 40.9. The van der Waals surface area contributed by atoms with Crippen LogP contribution in [0.4, 0.5) is 0 Å². The summed E-state index contributed by atoms with van der Waals surface area (Å²) in [5.74, 6) is -7.56. The van der Waals surface area contributed by atoms with Crippen molar-refractivity contribution in [3.05, 3.63) is 251 Å². The third kappa shape index (κ3) is 20.4. The van der Waals surface area contributed by atoms with E-state index in [1.165, 1.54) is 0 Å².